The number of carbonyl (C=O) groups is 1. The summed E-state index contributed by atoms with van der Waals surface area (Å²) in [6.07, 6.45) is 2.72. The number of allylic oxidation sites excluding steroid dienone is 1. The molecule has 0 bridgehead atoms. The molecule has 2 rings (SSSR count). The fraction of sp³-hybridized carbons (Fsp3) is 0.400. The topological polar surface area (TPSA) is 29.5 Å². The Morgan fingerprint density at radius 1 is 1.39 bits per heavy atom. The molecule has 0 saturated carbocycles. The molecule has 0 amide bonds. The summed E-state index contributed by atoms with van der Waals surface area (Å²) in [5.41, 5.74) is 2.77. The molecule has 0 fully saturated rings. The van der Waals surface area contributed by atoms with E-state index in [9.17, 15) is 4.79 Å². The van der Waals surface area contributed by atoms with E-state index >= 15 is 0 Å². The molecule has 0 saturated heterocycles. The minimum absolute atomic E-state index is 0.121. The van der Waals surface area contributed by atoms with Gasteiger partial charge in [-0.05, 0) is 30.0 Å². The Morgan fingerprint density at radius 2 is 2.11 bits per heavy atom. The van der Waals surface area contributed by atoms with Gasteiger partial charge in [0.25, 0.3) is 0 Å². The summed E-state index contributed by atoms with van der Waals surface area (Å²) in [5.74, 6) is 1.23. The van der Waals surface area contributed by atoms with Crippen LogP contribution in [0.1, 0.15) is 35.2 Å². The van der Waals surface area contributed by atoms with Crippen molar-refractivity contribution in [1.82, 2.24) is 4.90 Å². The Labute approximate surface area is 108 Å². The van der Waals surface area contributed by atoms with Crippen LogP contribution in [0.2, 0.25) is 0 Å². The van der Waals surface area contributed by atoms with E-state index in [0.29, 0.717) is 5.92 Å². The lowest BCUT2D eigenvalue weighted by Gasteiger charge is -2.25. The van der Waals surface area contributed by atoms with Crippen molar-refractivity contribution in [3.05, 3.63) is 41.1 Å². The van der Waals surface area contributed by atoms with Gasteiger partial charge in [-0.15, -0.1) is 0 Å². The van der Waals surface area contributed by atoms with Crippen LogP contribution >= 0.6 is 0 Å². The highest BCUT2D eigenvalue weighted by atomic mass is 16.5. The van der Waals surface area contributed by atoms with Gasteiger partial charge in [-0.25, -0.2) is 0 Å². The molecule has 18 heavy (non-hydrogen) atoms. The number of hydrogen-bond acceptors (Lipinski definition) is 3. The second-order valence-electron chi connectivity index (χ2n) is 5.01. The maximum absolute atomic E-state index is 12.4. The molecule has 0 aromatic heterocycles. The standard InChI is InChI=1S/C15H19NO2/c1-10-7-11(9-16(2)3)15(17)14-8-12(18-4)5-6-13(10)14/h5-6,8-10H,7H2,1-4H3. The van der Waals surface area contributed by atoms with Crippen molar-refractivity contribution in [3.63, 3.8) is 0 Å². The van der Waals surface area contributed by atoms with E-state index in [-0.39, 0.29) is 5.78 Å². The summed E-state index contributed by atoms with van der Waals surface area (Å²) in [7, 11) is 5.49. The lowest BCUT2D eigenvalue weighted by atomic mass is 9.80. The Bertz CT molecular complexity index is 503. The molecule has 96 valence electrons. The molecule has 1 aliphatic carbocycles. The number of nitrogens with zero attached hydrogens (tertiary/aromatic N) is 1. The average Bonchev–Trinajstić information content (AvgIpc) is 2.34. The first-order valence-electron chi connectivity index (χ1n) is 6.12. The van der Waals surface area contributed by atoms with Gasteiger partial charge in [-0.2, -0.15) is 0 Å². The number of ketones is 1. The number of Topliss-reactive ketones (excluding diaryl/α,β-unsaturated/α-hetero) is 1. The molecule has 3 heteroatoms. The van der Waals surface area contributed by atoms with Gasteiger partial charge in [0.15, 0.2) is 5.78 Å². The van der Waals surface area contributed by atoms with E-state index in [2.05, 4.69) is 6.92 Å². The van der Waals surface area contributed by atoms with Crippen LogP contribution in [-0.2, 0) is 0 Å². The van der Waals surface area contributed by atoms with E-state index in [1.165, 1.54) is 0 Å². The molecular weight excluding hydrogens is 226 g/mol. The maximum Gasteiger partial charge on any atom is 0.190 e. The molecule has 0 spiro atoms. The highest BCUT2D eigenvalue weighted by Crippen LogP contribution is 2.35. The molecule has 0 N–H and O–H groups in total. The van der Waals surface area contributed by atoms with Crippen LogP contribution in [0.5, 0.6) is 5.75 Å². The molecule has 1 aliphatic rings. The second kappa shape index (κ2) is 4.84. The van der Waals surface area contributed by atoms with Gasteiger partial charge in [0.1, 0.15) is 5.75 Å². The van der Waals surface area contributed by atoms with Crippen LogP contribution in [0.4, 0.5) is 0 Å². The zero-order chi connectivity index (χ0) is 13.3. The van der Waals surface area contributed by atoms with Crippen molar-refractivity contribution in [2.45, 2.75) is 19.3 Å². The highest BCUT2D eigenvalue weighted by Gasteiger charge is 2.27. The van der Waals surface area contributed by atoms with Crippen molar-refractivity contribution in [3.8, 4) is 5.75 Å². The first-order chi connectivity index (χ1) is 8.52. The lowest BCUT2D eigenvalue weighted by molar-refractivity contribution is 0.102. The fourth-order valence-electron chi connectivity index (χ4n) is 2.42. The predicted octanol–water partition coefficient (Wildman–Crippen LogP) is 2.83. The number of carbonyl (C=O) groups excluding carboxylic acids is 1. The number of benzene rings is 1. The molecule has 0 aliphatic heterocycles. The number of fused-ring (bicyclic) bond motifs is 1. The van der Waals surface area contributed by atoms with Crippen LogP contribution in [0.25, 0.3) is 0 Å². The molecular formula is C15H19NO2. The normalized spacial score (nSPS) is 20.8. The summed E-state index contributed by atoms with van der Waals surface area (Å²) >= 11 is 0. The van der Waals surface area contributed by atoms with Crippen LogP contribution in [0.3, 0.4) is 0 Å². The minimum atomic E-state index is 0.121. The summed E-state index contributed by atoms with van der Waals surface area (Å²) in [4.78, 5) is 14.3. The van der Waals surface area contributed by atoms with E-state index in [1.54, 1.807) is 7.11 Å². The Hall–Kier alpha value is -1.77. The third-order valence-corrected chi connectivity index (χ3v) is 3.27. The van der Waals surface area contributed by atoms with Crippen molar-refractivity contribution in [2.75, 3.05) is 21.2 Å². The number of ether oxygens (including phenoxy) is 1. The van der Waals surface area contributed by atoms with Gasteiger partial charge in [-0.1, -0.05) is 13.0 Å². The zero-order valence-electron chi connectivity index (χ0n) is 11.4. The SMILES string of the molecule is COc1ccc2c(c1)C(=O)C(=CN(C)C)CC2C. The lowest BCUT2D eigenvalue weighted by Crippen LogP contribution is -2.19. The molecule has 0 radical (unpaired) electrons. The number of methoxy groups -OCH3 is 1. The summed E-state index contributed by atoms with van der Waals surface area (Å²) in [6, 6.07) is 5.77. The smallest absolute Gasteiger partial charge is 0.190 e. The molecule has 1 unspecified atom stereocenters. The van der Waals surface area contributed by atoms with E-state index in [0.717, 1.165) is 28.9 Å². The third kappa shape index (κ3) is 2.26. The minimum Gasteiger partial charge on any atom is -0.497 e. The van der Waals surface area contributed by atoms with Crippen LogP contribution < -0.4 is 4.74 Å². The highest BCUT2D eigenvalue weighted by molar-refractivity contribution is 6.11. The molecule has 1 aromatic rings. The number of rotatable bonds is 2. The van der Waals surface area contributed by atoms with E-state index in [4.69, 9.17) is 4.74 Å². The predicted molar refractivity (Wildman–Crippen MR) is 72.1 cm³/mol. The molecule has 1 atom stereocenters. The molecule has 0 heterocycles. The average molecular weight is 245 g/mol. The van der Waals surface area contributed by atoms with Crippen molar-refractivity contribution in [1.29, 1.82) is 0 Å². The van der Waals surface area contributed by atoms with Gasteiger partial charge >= 0.3 is 0 Å². The quantitative estimate of drug-likeness (QED) is 0.750. The van der Waals surface area contributed by atoms with E-state index < -0.39 is 0 Å². The maximum atomic E-state index is 12.4. The van der Waals surface area contributed by atoms with Gasteiger partial charge < -0.3 is 9.64 Å². The van der Waals surface area contributed by atoms with Gasteiger partial charge in [0, 0.05) is 31.4 Å². The Morgan fingerprint density at radius 3 is 2.72 bits per heavy atom. The van der Waals surface area contributed by atoms with Crippen molar-refractivity contribution < 1.29 is 9.53 Å². The number of hydrogen-bond donors (Lipinski definition) is 0. The van der Waals surface area contributed by atoms with E-state index in [1.807, 2.05) is 43.4 Å². The van der Waals surface area contributed by atoms with Gasteiger partial charge in [0.2, 0.25) is 0 Å². The summed E-state index contributed by atoms with van der Waals surface area (Å²) in [5, 5.41) is 0. The molecule has 1 aromatic carbocycles. The van der Waals surface area contributed by atoms with Crippen LogP contribution in [0.15, 0.2) is 30.0 Å². The van der Waals surface area contributed by atoms with Gasteiger partial charge in [0.05, 0.1) is 7.11 Å². The van der Waals surface area contributed by atoms with Crippen molar-refractivity contribution in [2.24, 2.45) is 0 Å². The summed E-state index contributed by atoms with van der Waals surface area (Å²) in [6.45, 7) is 2.15. The third-order valence-electron chi connectivity index (χ3n) is 3.27. The van der Waals surface area contributed by atoms with Crippen LogP contribution in [0, 0.1) is 0 Å². The first kappa shape index (κ1) is 12.7. The largest absolute Gasteiger partial charge is 0.497 e. The monoisotopic (exact) mass is 245 g/mol. The Balaban J connectivity index is 2.48. The van der Waals surface area contributed by atoms with Gasteiger partial charge in [-0.3, -0.25) is 4.79 Å². The zero-order valence-corrected chi connectivity index (χ0v) is 11.4. The fourth-order valence-corrected chi connectivity index (χ4v) is 2.42. The Kier molecular flexibility index (Phi) is 3.41. The second-order valence-corrected chi connectivity index (χ2v) is 5.01. The summed E-state index contributed by atoms with van der Waals surface area (Å²) < 4.78 is 5.20. The van der Waals surface area contributed by atoms with Crippen molar-refractivity contribution >= 4 is 5.78 Å². The molecule has 3 nitrogen and oxygen atoms in total. The first-order valence-corrected chi connectivity index (χ1v) is 6.12. The van der Waals surface area contributed by atoms with Crippen LogP contribution in [-0.4, -0.2) is 31.9 Å².